The lowest BCUT2D eigenvalue weighted by Gasteiger charge is -2.14. The zero-order valence-electron chi connectivity index (χ0n) is 13.0. The van der Waals surface area contributed by atoms with E-state index in [1.165, 1.54) is 11.1 Å². The molecule has 1 saturated carbocycles. The minimum absolute atomic E-state index is 0.168. The molecular formula is C20H23NO. The quantitative estimate of drug-likeness (QED) is 0.859. The van der Waals surface area contributed by atoms with Gasteiger partial charge in [0.15, 0.2) is 0 Å². The van der Waals surface area contributed by atoms with Crippen LogP contribution in [-0.4, -0.2) is 11.9 Å². The summed E-state index contributed by atoms with van der Waals surface area (Å²) in [6.45, 7) is 2.10. The van der Waals surface area contributed by atoms with Gasteiger partial charge in [0.1, 0.15) is 0 Å². The number of hydrogen-bond acceptors (Lipinski definition) is 1. The fraction of sp³-hybridized carbons (Fsp3) is 0.350. The summed E-state index contributed by atoms with van der Waals surface area (Å²) in [7, 11) is 0. The van der Waals surface area contributed by atoms with Gasteiger partial charge in [0.25, 0.3) is 0 Å². The number of carbonyl (C=O) groups is 1. The minimum atomic E-state index is 0.168. The van der Waals surface area contributed by atoms with Gasteiger partial charge in [-0.2, -0.15) is 0 Å². The summed E-state index contributed by atoms with van der Waals surface area (Å²) in [5.74, 6) is 0.804. The molecule has 22 heavy (non-hydrogen) atoms. The molecule has 0 saturated heterocycles. The van der Waals surface area contributed by atoms with Crippen LogP contribution in [0.15, 0.2) is 60.7 Å². The van der Waals surface area contributed by atoms with Crippen LogP contribution >= 0.6 is 0 Å². The smallest absolute Gasteiger partial charge is 0.223 e. The number of carbonyl (C=O) groups excluding carboxylic acids is 1. The van der Waals surface area contributed by atoms with Gasteiger partial charge in [-0.3, -0.25) is 4.79 Å². The summed E-state index contributed by atoms with van der Waals surface area (Å²) < 4.78 is 0. The van der Waals surface area contributed by atoms with E-state index < -0.39 is 0 Å². The molecule has 1 aliphatic carbocycles. The van der Waals surface area contributed by atoms with Gasteiger partial charge in [0.05, 0.1) is 0 Å². The molecule has 1 N–H and O–H groups in total. The number of benzene rings is 2. The molecule has 2 heteroatoms. The van der Waals surface area contributed by atoms with Gasteiger partial charge < -0.3 is 5.32 Å². The number of nitrogens with one attached hydrogen (secondary N) is 1. The van der Waals surface area contributed by atoms with E-state index in [1.54, 1.807) is 0 Å². The highest BCUT2D eigenvalue weighted by molar-refractivity contribution is 5.83. The molecule has 2 aromatic carbocycles. The Morgan fingerprint density at radius 2 is 1.73 bits per heavy atom. The Morgan fingerprint density at radius 1 is 1.09 bits per heavy atom. The van der Waals surface area contributed by atoms with Crippen molar-refractivity contribution in [1.29, 1.82) is 0 Å². The van der Waals surface area contributed by atoms with E-state index >= 15 is 0 Å². The molecule has 114 valence electrons. The van der Waals surface area contributed by atoms with E-state index in [0.29, 0.717) is 5.92 Å². The highest BCUT2D eigenvalue weighted by atomic mass is 16.2. The summed E-state index contributed by atoms with van der Waals surface area (Å²) >= 11 is 0. The molecule has 3 atom stereocenters. The summed E-state index contributed by atoms with van der Waals surface area (Å²) in [4.78, 5) is 12.3. The Kier molecular flexibility index (Phi) is 4.57. The molecule has 2 nitrogen and oxygen atoms in total. The number of aryl methyl sites for hydroxylation is 1. The van der Waals surface area contributed by atoms with Gasteiger partial charge in [-0.15, -0.1) is 0 Å². The molecule has 3 rings (SSSR count). The van der Waals surface area contributed by atoms with E-state index in [1.807, 2.05) is 24.3 Å². The Labute approximate surface area is 132 Å². The van der Waals surface area contributed by atoms with E-state index in [9.17, 15) is 4.79 Å². The summed E-state index contributed by atoms with van der Waals surface area (Å²) in [6.07, 6.45) is 2.98. The molecule has 0 unspecified atom stereocenters. The molecule has 2 aromatic rings. The first-order chi connectivity index (χ1) is 10.7. The van der Waals surface area contributed by atoms with Crippen molar-refractivity contribution in [3.63, 3.8) is 0 Å². The van der Waals surface area contributed by atoms with E-state index in [2.05, 4.69) is 48.6 Å². The monoisotopic (exact) mass is 293 g/mol. The Balaban J connectivity index is 1.44. The Morgan fingerprint density at radius 3 is 2.41 bits per heavy atom. The lowest BCUT2D eigenvalue weighted by Crippen LogP contribution is -2.34. The van der Waals surface area contributed by atoms with Crippen molar-refractivity contribution in [2.45, 2.75) is 38.1 Å². The molecule has 0 heterocycles. The van der Waals surface area contributed by atoms with Crippen LogP contribution in [0.25, 0.3) is 0 Å². The van der Waals surface area contributed by atoms with Crippen LogP contribution in [0.1, 0.15) is 36.8 Å². The van der Waals surface area contributed by atoms with E-state index in [0.717, 1.165) is 19.3 Å². The maximum atomic E-state index is 12.3. The van der Waals surface area contributed by atoms with E-state index in [4.69, 9.17) is 0 Å². The lowest BCUT2D eigenvalue weighted by molar-refractivity contribution is -0.123. The topological polar surface area (TPSA) is 29.1 Å². The molecule has 1 fully saturated rings. The third kappa shape index (κ3) is 3.76. The van der Waals surface area contributed by atoms with Crippen molar-refractivity contribution >= 4 is 5.91 Å². The second kappa shape index (κ2) is 6.78. The molecule has 0 bridgehead atoms. The van der Waals surface area contributed by atoms with Gasteiger partial charge in [-0.1, -0.05) is 60.7 Å². The third-order valence-electron chi connectivity index (χ3n) is 4.45. The SMILES string of the molecule is C[C@H](CCc1ccccc1)NC(=O)[C@H]1C[C@@H]1c1ccccc1. The predicted octanol–water partition coefficient (Wildman–Crippen LogP) is 3.93. The van der Waals surface area contributed by atoms with Crippen molar-refractivity contribution in [3.05, 3.63) is 71.8 Å². The molecule has 0 aromatic heterocycles. The Hall–Kier alpha value is -2.09. The number of rotatable bonds is 6. The molecule has 0 spiro atoms. The fourth-order valence-corrected chi connectivity index (χ4v) is 3.00. The van der Waals surface area contributed by atoms with Crippen molar-refractivity contribution in [2.24, 2.45) is 5.92 Å². The van der Waals surface area contributed by atoms with Crippen LogP contribution in [0.2, 0.25) is 0 Å². The first-order valence-corrected chi connectivity index (χ1v) is 8.13. The van der Waals surface area contributed by atoms with Gasteiger partial charge in [0.2, 0.25) is 5.91 Å². The van der Waals surface area contributed by atoms with Crippen LogP contribution in [0.4, 0.5) is 0 Å². The van der Waals surface area contributed by atoms with Crippen molar-refractivity contribution in [1.82, 2.24) is 5.32 Å². The molecule has 0 aliphatic heterocycles. The van der Waals surface area contributed by atoms with Crippen molar-refractivity contribution < 1.29 is 4.79 Å². The number of amides is 1. The van der Waals surface area contributed by atoms with Gasteiger partial charge in [0, 0.05) is 12.0 Å². The lowest BCUT2D eigenvalue weighted by atomic mass is 10.1. The van der Waals surface area contributed by atoms with Gasteiger partial charge in [-0.25, -0.2) is 0 Å². The average molecular weight is 293 g/mol. The highest BCUT2D eigenvalue weighted by Crippen LogP contribution is 2.47. The third-order valence-corrected chi connectivity index (χ3v) is 4.45. The summed E-state index contributed by atoms with van der Waals surface area (Å²) in [5, 5.41) is 3.17. The molecular weight excluding hydrogens is 270 g/mol. The maximum absolute atomic E-state index is 12.3. The minimum Gasteiger partial charge on any atom is -0.353 e. The highest BCUT2D eigenvalue weighted by Gasteiger charge is 2.43. The normalized spacial score (nSPS) is 21.1. The zero-order valence-corrected chi connectivity index (χ0v) is 13.0. The van der Waals surface area contributed by atoms with Crippen LogP contribution in [0.3, 0.4) is 0 Å². The van der Waals surface area contributed by atoms with Crippen LogP contribution in [0, 0.1) is 5.92 Å². The largest absolute Gasteiger partial charge is 0.353 e. The standard InChI is InChI=1S/C20H23NO/c1-15(12-13-16-8-4-2-5-9-16)21-20(22)19-14-18(19)17-10-6-3-7-11-17/h2-11,15,18-19H,12-14H2,1H3,(H,21,22)/t15-,18-,19+/m1/s1. The first-order valence-electron chi connectivity index (χ1n) is 8.13. The van der Waals surface area contributed by atoms with Crippen molar-refractivity contribution in [3.8, 4) is 0 Å². The van der Waals surface area contributed by atoms with E-state index in [-0.39, 0.29) is 17.9 Å². The van der Waals surface area contributed by atoms with Gasteiger partial charge >= 0.3 is 0 Å². The molecule has 1 aliphatic rings. The zero-order chi connectivity index (χ0) is 15.4. The van der Waals surface area contributed by atoms with Crippen LogP contribution < -0.4 is 5.32 Å². The van der Waals surface area contributed by atoms with Crippen molar-refractivity contribution in [2.75, 3.05) is 0 Å². The fourth-order valence-electron chi connectivity index (χ4n) is 3.00. The molecule has 1 amide bonds. The molecule has 0 radical (unpaired) electrons. The summed E-state index contributed by atoms with van der Waals surface area (Å²) in [6, 6.07) is 21.0. The van der Waals surface area contributed by atoms with Crippen LogP contribution in [-0.2, 0) is 11.2 Å². The Bertz CT molecular complexity index is 608. The maximum Gasteiger partial charge on any atom is 0.223 e. The second-order valence-electron chi connectivity index (χ2n) is 6.29. The van der Waals surface area contributed by atoms with Gasteiger partial charge in [-0.05, 0) is 43.2 Å². The predicted molar refractivity (Wildman–Crippen MR) is 89.7 cm³/mol. The second-order valence-corrected chi connectivity index (χ2v) is 6.29. The number of hydrogen-bond donors (Lipinski definition) is 1. The average Bonchev–Trinajstić information content (AvgIpc) is 3.35. The summed E-state index contributed by atoms with van der Waals surface area (Å²) in [5.41, 5.74) is 2.62. The van der Waals surface area contributed by atoms with Crippen LogP contribution in [0.5, 0.6) is 0 Å². The first kappa shape index (κ1) is 14.8.